The molecule has 0 spiro atoms. The lowest BCUT2D eigenvalue weighted by atomic mass is 9.90. The molecule has 0 N–H and O–H groups in total. The molecule has 206 valence electrons. The maximum Gasteiger partial charge on any atom is 0.507 e. The third-order valence-corrected chi connectivity index (χ3v) is 8.41. The van der Waals surface area contributed by atoms with Crippen molar-refractivity contribution in [2.45, 2.75) is 88.3 Å². The Balaban J connectivity index is 6.57. The highest BCUT2D eigenvalue weighted by molar-refractivity contribution is 6.62. The Bertz CT molecular complexity index is 606. The maximum absolute atomic E-state index is 14.9. The van der Waals surface area contributed by atoms with Gasteiger partial charge in [0.25, 0.3) is 6.43 Å². The van der Waals surface area contributed by atoms with E-state index in [9.17, 15) is 57.1 Å². The van der Waals surface area contributed by atoms with Crippen LogP contribution in [-0.2, 0) is 13.3 Å². The van der Waals surface area contributed by atoms with E-state index in [-0.39, 0.29) is 0 Å². The molecule has 0 aliphatic heterocycles. The molecule has 17 heteroatoms. The zero-order valence-electron chi connectivity index (χ0n) is 18.4. The van der Waals surface area contributed by atoms with Crippen molar-refractivity contribution in [2.75, 3.05) is 19.8 Å². The van der Waals surface area contributed by atoms with Crippen molar-refractivity contribution in [3.63, 3.8) is 0 Å². The first-order chi connectivity index (χ1) is 15.3. The molecule has 0 aliphatic rings. The minimum Gasteiger partial charge on any atom is -0.374 e. The molecule has 0 rings (SSSR count). The summed E-state index contributed by atoms with van der Waals surface area (Å²) >= 11 is 0. The second kappa shape index (κ2) is 11.9. The van der Waals surface area contributed by atoms with Gasteiger partial charge in [-0.1, -0.05) is 6.92 Å². The first-order valence-electron chi connectivity index (χ1n) is 9.93. The molecule has 0 amide bonds. The van der Waals surface area contributed by atoms with Crippen LogP contribution in [0.1, 0.15) is 34.1 Å². The summed E-state index contributed by atoms with van der Waals surface area (Å²) in [5.74, 6) is -28.7. The summed E-state index contributed by atoms with van der Waals surface area (Å²) in [6.45, 7) is 3.48. The fraction of sp³-hybridized carbons (Fsp3) is 1.00. The largest absolute Gasteiger partial charge is 0.507 e. The Hall–Kier alpha value is -0.813. The van der Waals surface area contributed by atoms with Gasteiger partial charge in [0.15, 0.2) is 12.3 Å². The van der Waals surface area contributed by atoms with E-state index in [1.165, 1.54) is 20.8 Å². The van der Waals surface area contributed by atoms with Gasteiger partial charge < -0.3 is 13.3 Å². The molecule has 0 aliphatic carbocycles. The van der Waals surface area contributed by atoms with Crippen LogP contribution in [0.5, 0.6) is 0 Å². The van der Waals surface area contributed by atoms with E-state index in [0.29, 0.717) is 0 Å². The van der Waals surface area contributed by atoms with Crippen LogP contribution >= 0.6 is 0 Å². The number of rotatable bonds is 16. The van der Waals surface area contributed by atoms with Crippen molar-refractivity contribution in [3.05, 3.63) is 0 Å². The lowest BCUT2D eigenvalue weighted by molar-refractivity contribution is -0.387. The average molecular weight is 552 g/mol. The second-order valence-corrected chi connectivity index (χ2v) is 9.71. The first-order valence-corrected chi connectivity index (χ1v) is 11.7. The summed E-state index contributed by atoms with van der Waals surface area (Å²) in [7, 11) is -4.69. The molecule has 4 unspecified atom stereocenters. The van der Waals surface area contributed by atoms with E-state index in [1.54, 1.807) is 0 Å². The molecule has 3 nitrogen and oxygen atoms in total. The second-order valence-electron chi connectivity index (χ2n) is 6.89. The molecule has 0 aromatic carbocycles. The van der Waals surface area contributed by atoms with Gasteiger partial charge in [-0.05, 0) is 27.2 Å². The summed E-state index contributed by atoms with van der Waals surface area (Å²) in [4.78, 5) is 0. The minimum atomic E-state index is -7.52. The van der Waals surface area contributed by atoms with Gasteiger partial charge in [-0.25, -0.2) is 22.0 Å². The molecule has 0 saturated carbocycles. The molecular formula is C17H25F13O3Si. The van der Waals surface area contributed by atoms with Crippen LogP contribution in [0.2, 0.25) is 5.54 Å². The fourth-order valence-electron chi connectivity index (χ4n) is 3.03. The van der Waals surface area contributed by atoms with Crippen molar-refractivity contribution >= 4 is 8.80 Å². The summed E-state index contributed by atoms with van der Waals surface area (Å²) in [6.07, 6.45) is -20.0. The van der Waals surface area contributed by atoms with Gasteiger partial charge in [-0.2, -0.15) is 35.1 Å². The quantitative estimate of drug-likeness (QED) is 0.159. The molecule has 0 saturated heterocycles. The van der Waals surface area contributed by atoms with Crippen LogP contribution in [0.4, 0.5) is 57.1 Å². The Labute approximate surface area is 188 Å². The minimum absolute atomic E-state index is 0.402. The Morgan fingerprint density at radius 2 is 0.912 bits per heavy atom. The predicted octanol–water partition coefficient (Wildman–Crippen LogP) is 6.64. The SMILES string of the molecule is CCO[Si](OCC)(OCC)C(CC)C(F)C(F)(F)C(F)(F)C(F)(F)C(F)(F)C(F)C(F)C(F)F. The third-order valence-electron chi connectivity index (χ3n) is 4.73. The van der Waals surface area contributed by atoms with Crippen LogP contribution in [0.3, 0.4) is 0 Å². The van der Waals surface area contributed by atoms with E-state index in [0.717, 1.165) is 6.92 Å². The van der Waals surface area contributed by atoms with Gasteiger partial charge >= 0.3 is 32.5 Å². The predicted molar refractivity (Wildman–Crippen MR) is 95.2 cm³/mol. The average Bonchev–Trinajstić information content (AvgIpc) is 2.72. The van der Waals surface area contributed by atoms with E-state index in [1.807, 2.05) is 0 Å². The maximum atomic E-state index is 14.9. The van der Waals surface area contributed by atoms with Crippen LogP contribution < -0.4 is 0 Å². The summed E-state index contributed by atoms with van der Waals surface area (Å²) in [5, 5.41) is 0. The van der Waals surface area contributed by atoms with Crippen molar-refractivity contribution in [2.24, 2.45) is 0 Å². The number of hydrogen-bond acceptors (Lipinski definition) is 3. The van der Waals surface area contributed by atoms with Gasteiger partial charge in [-0.15, -0.1) is 0 Å². The van der Waals surface area contributed by atoms with Crippen LogP contribution in [0, 0.1) is 0 Å². The summed E-state index contributed by atoms with van der Waals surface area (Å²) < 4.78 is 193. The smallest absolute Gasteiger partial charge is 0.374 e. The van der Waals surface area contributed by atoms with Crippen LogP contribution in [-0.4, -0.2) is 77.3 Å². The molecule has 4 atom stereocenters. The topological polar surface area (TPSA) is 27.7 Å². The monoisotopic (exact) mass is 552 g/mol. The lowest BCUT2D eigenvalue weighted by Gasteiger charge is -2.42. The molecule has 0 radical (unpaired) electrons. The highest BCUT2D eigenvalue weighted by atomic mass is 28.4. The van der Waals surface area contributed by atoms with Gasteiger partial charge in [-0.3, -0.25) is 0 Å². The molecule has 0 aromatic rings. The molecule has 0 fully saturated rings. The van der Waals surface area contributed by atoms with Gasteiger partial charge in [0.1, 0.15) is 0 Å². The molecule has 34 heavy (non-hydrogen) atoms. The Morgan fingerprint density at radius 1 is 0.588 bits per heavy atom. The highest BCUT2D eigenvalue weighted by Gasteiger charge is 2.85. The molecule has 0 aromatic heterocycles. The number of alkyl halides is 13. The normalized spacial score (nSPS) is 18.2. The van der Waals surface area contributed by atoms with Crippen molar-refractivity contribution in [3.8, 4) is 0 Å². The Morgan fingerprint density at radius 3 is 1.18 bits per heavy atom. The number of halogens is 13. The Kier molecular flexibility index (Phi) is 11.7. The highest BCUT2D eigenvalue weighted by Crippen LogP contribution is 2.58. The zero-order valence-corrected chi connectivity index (χ0v) is 19.4. The molecule has 0 bridgehead atoms. The van der Waals surface area contributed by atoms with Gasteiger partial charge in [0, 0.05) is 19.8 Å². The zero-order chi connectivity index (χ0) is 27.3. The van der Waals surface area contributed by atoms with E-state index >= 15 is 0 Å². The van der Waals surface area contributed by atoms with E-state index in [4.69, 9.17) is 13.3 Å². The third kappa shape index (κ3) is 5.77. The fourth-order valence-corrected chi connectivity index (χ4v) is 6.20. The summed E-state index contributed by atoms with van der Waals surface area (Å²) in [6, 6.07) is 0. The van der Waals surface area contributed by atoms with E-state index < -0.39 is 89.2 Å². The van der Waals surface area contributed by atoms with Gasteiger partial charge in [0.05, 0.1) is 5.54 Å². The first kappa shape index (κ1) is 33.2. The summed E-state index contributed by atoms with van der Waals surface area (Å²) in [5.41, 5.74) is -2.51. The van der Waals surface area contributed by atoms with Crippen LogP contribution in [0.25, 0.3) is 0 Å². The van der Waals surface area contributed by atoms with E-state index in [2.05, 4.69) is 0 Å². The number of hydrogen-bond donors (Lipinski definition) is 0. The standard InChI is InChI=1S/C17H25F13O3Si/c1-5-9(34(31-6-2,32-7-3)33-8-4)11(19)14(23,24)16(27,28)17(29,30)15(25,26)12(20)10(18)13(21)22/h9-13H,5-8H2,1-4H3. The molecular weight excluding hydrogens is 527 g/mol. The van der Waals surface area contributed by atoms with Gasteiger partial charge in [0.2, 0.25) is 6.17 Å². The van der Waals surface area contributed by atoms with Crippen molar-refractivity contribution in [1.29, 1.82) is 0 Å². The molecule has 0 heterocycles. The van der Waals surface area contributed by atoms with Crippen molar-refractivity contribution < 1.29 is 70.4 Å². The van der Waals surface area contributed by atoms with Crippen LogP contribution in [0.15, 0.2) is 0 Å². The van der Waals surface area contributed by atoms with Crippen molar-refractivity contribution in [1.82, 2.24) is 0 Å². The lowest BCUT2D eigenvalue weighted by Crippen LogP contribution is -2.69.